The highest BCUT2D eigenvalue weighted by Gasteiger charge is 2.19. The van der Waals surface area contributed by atoms with Gasteiger partial charge in [-0.05, 0) is 24.3 Å². The fraction of sp³-hybridized carbons (Fsp3) is 0.0800. The van der Waals surface area contributed by atoms with E-state index in [2.05, 4.69) is 10.4 Å². The molecule has 10 heteroatoms. The number of phenols is 1. The number of nitro benzene ring substituents is 1. The summed E-state index contributed by atoms with van der Waals surface area (Å²) in [6, 6.07) is 18.4. The molecule has 35 heavy (non-hydrogen) atoms. The standard InChI is InChI=1S/C25H19N5O5/c31-23-9-8-18(30(33)34)11-17(23)13-26-25(32)20-12-22(16-5-2-1-3-6-16)28-24-21(20)14-27-29(24)15-19-7-4-10-35-19/h1-12,14,31H,13,15H2,(H,26,32). The van der Waals surface area contributed by atoms with Gasteiger partial charge in [-0.3, -0.25) is 14.9 Å². The highest BCUT2D eigenvalue weighted by atomic mass is 16.6. The van der Waals surface area contributed by atoms with Gasteiger partial charge in [0.2, 0.25) is 0 Å². The number of benzene rings is 2. The molecule has 0 bridgehead atoms. The van der Waals surface area contributed by atoms with E-state index in [0.717, 1.165) is 5.56 Å². The summed E-state index contributed by atoms with van der Waals surface area (Å²) in [5, 5.41) is 28.8. The van der Waals surface area contributed by atoms with Gasteiger partial charge in [-0.25, -0.2) is 9.67 Å². The van der Waals surface area contributed by atoms with Crippen molar-refractivity contribution in [3.8, 4) is 17.0 Å². The number of aromatic hydroxyl groups is 1. The van der Waals surface area contributed by atoms with Crippen LogP contribution in [-0.4, -0.2) is 30.7 Å². The molecule has 2 aromatic carbocycles. The van der Waals surface area contributed by atoms with Gasteiger partial charge < -0.3 is 14.8 Å². The molecule has 0 saturated carbocycles. The molecule has 2 N–H and O–H groups in total. The quantitative estimate of drug-likeness (QED) is 0.268. The zero-order valence-corrected chi connectivity index (χ0v) is 18.3. The number of nitrogens with zero attached hydrogens (tertiary/aromatic N) is 4. The molecule has 0 radical (unpaired) electrons. The molecule has 0 spiro atoms. The molecule has 0 aliphatic heterocycles. The van der Waals surface area contributed by atoms with E-state index in [-0.39, 0.29) is 23.5 Å². The van der Waals surface area contributed by atoms with Crippen LogP contribution in [0.2, 0.25) is 0 Å². The number of pyridine rings is 1. The van der Waals surface area contributed by atoms with Crippen molar-refractivity contribution in [3.63, 3.8) is 0 Å². The Morgan fingerprint density at radius 2 is 1.94 bits per heavy atom. The molecule has 1 amide bonds. The first-order valence-electron chi connectivity index (χ1n) is 10.7. The fourth-order valence-corrected chi connectivity index (χ4v) is 3.76. The third kappa shape index (κ3) is 4.44. The number of carbonyl (C=O) groups excluding carboxylic acids is 1. The molecule has 5 aromatic rings. The Balaban J connectivity index is 1.52. The van der Waals surface area contributed by atoms with Crippen molar-refractivity contribution in [1.82, 2.24) is 20.1 Å². The van der Waals surface area contributed by atoms with E-state index in [0.29, 0.717) is 34.6 Å². The summed E-state index contributed by atoms with van der Waals surface area (Å²) in [4.78, 5) is 28.5. The predicted octanol–water partition coefficient (Wildman–Crippen LogP) is 4.28. The molecule has 174 valence electrons. The molecule has 0 aliphatic carbocycles. The summed E-state index contributed by atoms with van der Waals surface area (Å²) < 4.78 is 7.09. The van der Waals surface area contributed by atoms with Crippen LogP contribution in [0.1, 0.15) is 21.7 Å². The van der Waals surface area contributed by atoms with Crippen molar-refractivity contribution < 1.29 is 19.2 Å². The summed E-state index contributed by atoms with van der Waals surface area (Å²) in [5.41, 5.74) is 2.31. The van der Waals surface area contributed by atoms with E-state index in [1.54, 1.807) is 29.3 Å². The Labute approximate surface area is 198 Å². The number of hydrogen-bond donors (Lipinski definition) is 2. The lowest BCUT2D eigenvalue weighted by Crippen LogP contribution is -2.23. The lowest BCUT2D eigenvalue weighted by atomic mass is 10.1. The summed E-state index contributed by atoms with van der Waals surface area (Å²) in [7, 11) is 0. The van der Waals surface area contributed by atoms with Gasteiger partial charge in [0.15, 0.2) is 5.65 Å². The summed E-state index contributed by atoms with van der Waals surface area (Å²) in [5.74, 6) is 0.110. The van der Waals surface area contributed by atoms with Gasteiger partial charge >= 0.3 is 0 Å². The molecule has 0 saturated heterocycles. The van der Waals surface area contributed by atoms with Gasteiger partial charge in [-0.2, -0.15) is 5.10 Å². The zero-order chi connectivity index (χ0) is 24.4. The maximum atomic E-state index is 13.3. The number of fused-ring (bicyclic) bond motifs is 1. The molecule has 3 heterocycles. The number of aromatic nitrogens is 3. The second-order valence-corrected chi connectivity index (χ2v) is 7.79. The maximum Gasteiger partial charge on any atom is 0.270 e. The van der Waals surface area contributed by atoms with Crippen molar-refractivity contribution in [3.05, 3.63) is 106 Å². The second-order valence-electron chi connectivity index (χ2n) is 7.79. The van der Waals surface area contributed by atoms with Crippen molar-refractivity contribution >= 4 is 22.6 Å². The summed E-state index contributed by atoms with van der Waals surface area (Å²) in [6.45, 7) is 0.238. The minimum atomic E-state index is -0.559. The average molecular weight is 469 g/mol. The number of nitro groups is 1. The highest BCUT2D eigenvalue weighted by molar-refractivity contribution is 6.06. The van der Waals surface area contributed by atoms with Crippen LogP contribution in [0.5, 0.6) is 5.75 Å². The normalized spacial score (nSPS) is 11.0. The van der Waals surface area contributed by atoms with Crippen LogP contribution in [0.3, 0.4) is 0 Å². The Kier molecular flexibility index (Phi) is 5.68. The first-order chi connectivity index (χ1) is 17.0. The molecular formula is C25H19N5O5. The average Bonchev–Trinajstić information content (AvgIpc) is 3.53. The van der Waals surface area contributed by atoms with E-state index in [1.165, 1.54) is 18.2 Å². The van der Waals surface area contributed by atoms with Crippen LogP contribution in [0, 0.1) is 10.1 Å². The van der Waals surface area contributed by atoms with Crippen molar-refractivity contribution in [2.45, 2.75) is 13.1 Å². The van der Waals surface area contributed by atoms with Crippen LogP contribution in [0.25, 0.3) is 22.3 Å². The van der Waals surface area contributed by atoms with Crippen molar-refractivity contribution in [2.75, 3.05) is 0 Å². The maximum absolute atomic E-state index is 13.3. The predicted molar refractivity (Wildman–Crippen MR) is 127 cm³/mol. The van der Waals surface area contributed by atoms with E-state index in [1.807, 2.05) is 36.4 Å². The first-order valence-corrected chi connectivity index (χ1v) is 10.7. The Morgan fingerprint density at radius 3 is 2.69 bits per heavy atom. The van der Waals surface area contributed by atoms with Crippen LogP contribution in [-0.2, 0) is 13.1 Å². The number of hydrogen-bond acceptors (Lipinski definition) is 7. The van der Waals surface area contributed by atoms with Crippen LogP contribution < -0.4 is 5.32 Å². The number of rotatable bonds is 7. The minimum absolute atomic E-state index is 0.0998. The third-order valence-electron chi connectivity index (χ3n) is 5.52. The van der Waals surface area contributed by atoms with Gasteiger partial charge in [0, 0.05) is 29.8 Å². The molecule has 0 unspecified atom stereocenters. The lowest BCUT2D eigenvalue weighted by Gasteiger charge is -2.10. The second kappa shape index (κ2) is 9.10. The zero-order valence-electron chi connectivity index (χ0n) is 18.3. The molecule has 0 fully saturated rings. The number of nitrogens with one attached hydrogen (secondary N) is 1. The third-order valence-corrected chi connectivity index (χ3v) is 5.52. The molecule has 0 aliphatic rings. The first kappa shape index (κ1) is 21.8. The number of phenolic OH excluding ortho intramolecular Hbond substituents is 1. The molecule has 10 nitrogen and oxygen atoms in total. The van der Waals surface area contributed by atoms with Gasteiger partial charge in [-0.15, -0.1) is 0 Å². The summed E-state index contributed by atoms with van der Waals surface area (Å²) >= 11 is 0. The van der Waals surface area contributed by atoms with Crippen LogP contribution in [0.15, 0.2) is 83.6 Å². The number of amides is 1. The highest BCUT2D eigenvalue weighted by Crippen LogP contribution is 2.26. The molecule has 0 atom stereocenters. The number of furan rings is 1. The SMILES string of the molecule is O=C(NCc1cc([N+](=O)[O-])ccc1O)c1cc(-c2ccccc2)nc2c1cnn2Cc1ccco1. The lowest BCUT2D eigenvalue weighted by molar-refractivity contribution is -0.384. The number of carbonyl (C=O) groups is 1. The van der Waals surface area contributed by atoms with Gasteiger partial charge in [-0.1, -0.05) is 30.3 Å². The smallest absolute Gasteiger partial charge is 0.270 e. The van der Waals surface area contributed by atoms with Gasteiger partial charge in [0.25, 0.3) is 11.6 Å². The van der Waals surface area contributed by atoms with E-state index >= 15 is 0 Å². The monoisotopic (exact) mass is 469 g/mol. The van der Waals surface area contributed by atoms with Gasteiger partial charge in [0.1, 0.15) is 18.1 Å². The topological polar surface area (TPSA) is 136 Å². The minimum Gasteiger partial charge on any atom is -0.508 e. The Hall–Kier alpha value is -4.99. The largest absolute Gasteiger partial charge is 0.508 e. The van der Waals surface area contributed by atoms with Crippen molar-refractivity contribution in [1.29, 1.82) is 0 Å². The van der Waals surface area contributed by atoms with Crippen LogP contribution >= 0.6 is 0 Å². The Morgan fingerprint density at radius 1 is 1.11 bits per heavy atom. The van der Waals surface area contributed by atoms with Gasteiger partial charge in [0.05, 0.1) is 34.0 Å². The fourth-order valence-electron chi connectivity index (χ4n) is 3.76. The van der Waals surface area contributed by atoms with Crippen LogP contribution in [0.4, 0.5) is 5.69 Å². The van der Waals surface area contributed by atoms with E-state index < -0.39 is 10.8 Å². The van der Waals surface area contributed by atoms with Crippen molar-refractivity contribution in [2.24, 2.45) is 0 Å². The Bertz CT molecular complexity index is 1530. The van der Waals surface area contributed by atoms with E-state index in [9.17, 15) is 20.0 Å². The number of non-ortho nitro benzene ring substituents is 1. The molecule has 3 aromatic heterocycles. The summed E-state index contributed by atoms with van der Waals surface area (Å²) in [6.07, 6.45) is 3.14. The van der Waals surface area contributed by atoms with E-state index in [4.69, 9.17) is 9.40 Å². The molecule has 5 rings (SSSR count). The molecular weight excluding hydrogens is 450 g/mol.